The van der Waals surface area contributed by atoms with E-state index in [0.717, 1.165) is 24.5 Å². The van der Waals surface area contributed by atoms with Gasteiger partial charge >= 0.3 is 5.97 Å². The molecule has 0 saturated carbocycles. The summed E-state index contributed by atoms with van der Waals surface area (Å²) in [6.45, 7) is 3.27. The molecule has 0 amide bonds. The van der Waals surface area contributed by atoms with Gasteiger partial charge in [0.2, 0.25) is 21.2 Å². The van der Waals surface area contributed by atoms with Gasteiger partial charge in [0.1, 0.15) is 23.0 Å². The van der Waals surface area contributed by atoms with Gasteiger partial charge in [-0.15, -0.1) is 0 Å². The van der Waals surface area contributed by atoms with E-state index in [1.807, 2.05) is 24.3 Å². The molecular weight excluding hydrogens is 590 g/mol. The Labute approximate surface area is 254 Å². The highest BCUT2D eigenvalue weighted by molar-refractivity contribution is 7.89. The molecular formula is C31H33N3O9S. The number of primary sulfonamides is 1. The molecule has 0 spiro atoms. The lowest BCUT2D eigenvalue weighted by atomic mass is 9.98. The third-order valence-corrected chi connectivity index (χ3v) is 8.47. The van der Waals surface area contributed by atoms with Gasteiger partial charge in [-0.05, 0) is 60.7 Å². The molecule has 0 bridgehead atoms. The number of piperazine rings is 1. The van der Waals surface area contributed by atoms with Crippen molar-refractivity contribution < 1.29 is 36.6 Å². The summed E-state index contributed by atoms with van der Waals surface area (Å²) in [4.78, 5) is 29.6. The fourth-order valence-electron chi connectivity index (χ4n) is 5.12. The highest BCUT2D eigenvalue weighted by Gasteiger charge is 2.30. The number of furan rings is 1. The molecule has 13 heteroatoms. The van der Waals surface area contributed by atoms with Crippen molar-refractivity contribution in [1.29, 1.82) is 0 Å². The maximum Gasteiger partial charge on any atom is 0.306 e. The number of hydrogen-bond acceptors (Lipinski definition) is 11. The van der Waals surface area contributed by atoms with E-state index >= 15 is 0 Å². The predicted octanol–water partition coefficient (Wildman–Crippen LogP) is 3.28. The lowest BCUT2D eigenvalue weighted by Gasteiger charge is -2.35. The van der Waals surface area contributed by atoms with Gasteiger partial charge in [0.25, 0.3) is 0 Å². The number of rotatable bonds is 10. The second kappa shape index (κ2) is 13.0. The van der Waals surface area contributed by atoms with Gasteiger partial charge in [-0.1, -0.05) is 0 Å². The zero-order chi connectivity index (χ0) is 31.4. The Bertz CT molecular complexity index is 1770. The molecule has 44 heavy (non-hydrogen) atoms. The van der Waals surface area contributed by atoms with Gasteiger partial charge in [0.15, 0.2) is 5.76 Å². The highest BCUT2D eigenvalue weighted by atomic mass is 32.2. The summed E-state index contributed by atoms with van der Waals surface area (Å²) in [7, 11) is -1.00. The molecule has 1 saturated heterocycles. The average Bonchev–Trinajstić information content (AvgIpc) is 3.52. The highest BCUT2D eigenvalue weighted by Crippen LogP contribution is 2.36. The van der Waals surface area contributed by atoms with Crippen molar-refractivity contribution in [3.63, 3.8) is 0 Å². The largest absolute Gasteiger partial charge is 0.502 e. The van der Waals surface area contributed by atoms with E-state index in [1.54, 1.807) is 19.2 Å². The van der Waals surface area contributed by atoms with Crippen LogP contribution in [0.4, 0.5) is 5.69 Å². The van der Waals surface area contributed by atoms with Crippen molar-refractivity contribution in [3.05, 3.63) is 94.2 Å². The van der Waals surface area contributed by atoms with E-state index in [-0.39, 0.29) is 22.8 Å². The zero-order valence-corrected chi connectivity index (χ0v) is 25.1. The van der Waals surface area contributed by atoms with E-state index in [2.05, 4.69) is 9.80 Å². The molecule has 4 aromatic rings. The summed E-state index contributed by atoms with van der Waals surface area (Å²) in [6, 6.07) is 18.1. The van der Waals surface area contributed by atoms with Crippen LogP contribution < -0.4 is 20.2 Å². The molecule has 0 aliphatic carbocycles. The first-order chi connectivity index (χ1) is 21.0. The van der Waals surface area contributed by atoms with Gasteiger partial charge in [0.05, 0.1) is 38.0 Å². The van der Waals surface area contributed by atoms with Gasteiger partial charge in [-0.3, -0.25) is 14.5 Å². The minimum absolute atomic E-state index is 0.0535. The van der Waals surface area contributed by atoms with Crippen LogP contribution in [0, 0.1) is 0 Å². The molecule has 1 aliphatic rings. The maximum atomic E-state index is 12.9. The number of carbonyl (C=O) groups is 1. The van der Waals surface area contributed by atoms with Crippen LogP contribution >= 0.6 is 0 Å². The quantitative estimate of drug-likeness (QED) is 0.249. The number of nitrogens with zero attached hydrogens (tertiary/aromatic N) is 2. The topological polar surface area (TPSA) is 166 Å². The Kier molecular flexibility index (Phi) is 9.09. The van der Waals surface area contributed by atoms with Crippen molar-refractivity contribution in [2.75, 3.05) is 45.3 Å². The second-order valence-corrected chi connectivity index (χ2v) is 11.9. The molecule has 12 nitrogen and oxygen atoms in total. The molecule has 2 aromatic carbocycles. The Morgan fingerprint density at radius 1 is 0.977 bits per heavy atom. The molecule has 2 aromatic heterocycles. The molecule has 0 unspecified atom stereocenters. The summed E-state index contributed by atoms with van der Waals surface area (Å²) in [6.07, 6.45) is -0.270. The Balaban J connectivity index is 1.37. The molecule has 3 N–H and O–H groups in total. The van der Waals surface area contributed by atoms with Crippen LogP contribution in [0.2, 0.25) is 0 Å². The second-order valence-electron chi connectivity index (χ2n) is 10.4. The number of ether oxygens (including phenoxy) is 2. The lowest BCUT2D eigenvalue weighted by molar-refractivity contribution is -0.141. The molecule has 0 radical (unpaired) electrons. The normalized spacial score (nSPS) is 14.8. The van der Waals surface area contributed by atoms with E-state index in [1.165, 1.54) is 37.4 Å². The number of nitrogens with two attached hydrogens (primary N) is 1. The third-order valence-electron chi connectivity index (χ3n) is 7.54. The smallest absolute Gasteiger partial charge is 0.306 e. The van der Waals surface area contributed by atoms with Crippen molar-refractivity contribution in [3.8, 4) is 22.8 Å². The van der Waals surface area contributed by atoms with Gasteiger partial charge < -0.3 is 28.3 Å². The number of carbonyl (C=O) groups excluding carboxylic acids is 1. The first-order valence-corrected chi connectivity index (χ1v) is 15.4. The van der Waals surface area contributed by atoms with Crippen LogP contribution in [-0.4, -0.2) is 64.8 Å². The van der Waals surface area contributed by atoms with E-state index in [0.29, 0.717) is 36.7 Å². The Hall–Kier alpha value is -4.59. The van der Waals surface area contributed by atoms with Gasteiger partial charge in [-0.2, -0.15) is 0 Å². The van der Waals surface area contributed by atoms with Crippen molar-refractivity contribution in [2.45, 2.75) is 23.8 Å². The van der Waals surface area contributed by atoms with Gasteiger partial charge in [0, 0.05) is 43.5 Å². The van der Waals surface area contributed by atoms with Crippen LogP contribution in [0.1, 0.15) is 29.6 Å². The fourth-order valence-corrected chi connectivity index (χ4v) is 5.64. The molecule has 232 valence electrons. The van der Waals surface area contributed by atoms with E-state index in [9.17, 15) is 23.1 Å². The van der Waals surface area contributed by atoms with Crippen LogP contribution in [0.25, 0.3) is 11.3 Å². The van der Waals surface area contributed by atoms with Crippen LogP contribution in [0.5, 0.6) is 11.5 Å². The Morgan fingerprint density at radius 3 is 2.27 bits per heavy atom. The number of benzene rings is 2. The molecule has 1 atom stereocenters. The number of anilines is 1. The summed E-state index contributed by atoms with van der Waals surface area (Å²) >= 11 is 0. The van der Waals surface area contributed by atoms with Crippen LogP contribution in [0.3, 0.4) is 0 Å². The molecule has 1 fully saturated rings. The monoisotopic (exact) mass is 623 g/mol. The van der Waals surface area contributed by atoms with Crippen molar-refractivity contribution in [2.24, 2.45) is 5.14 Å². The SMILES string of the molecule is COC(=O)C[C@@H](c1ccc(-c2ccc(S(N)(=O)=O)cc2)o1)c1oc(CN2CCN(c3ccc(OC)cc3)CC2)cc(=O)c1O. The summed E-state index contributed by atoms with van der Waals surface area (Å²) < 4.78 is 45.4. The van der Waals surface area contributed by atoms with E-state index < -0.39 is 33.1 Å². The molecule has 5 rings (SSSR count). The minimum atomic E-state index is -3.87. The summed E-state index contributed by atoms with van der Waals surface area (Å²) in [5.41, 5.74) is 1.000. The van der Waals surface area contributed by atoms with E-state index in [4.69, 9.17) is 23.4 Å². The standard InChI is InChI=1S/C31H33N3O9S/c1-40-22-7-5-21(6-8-22)34-15-13-33(14-16-34)19-23-17-26(35)30(37)31(42-23)25(18-29(36)41-2)28-12-11-27(43-28)20-3-9-24(10-4-20)44(32,38)39/h3-12,17,25,37H,13-16,18-19H2,1-2H3,(H2,32,38,39)/t25-/m0/s1. The van der Waals surface area contributed by atoms with Crippen molar-refractivity contribution >= 4 is 21.7 Å². The fraction of sp³-hybridized carbons (Fsp3) is 0.290. The maximum absolute atomic E-state index is 12.9. The number of esters is 1. The lowest BCUT2D eigenvalue weighted by Crippen LogP contribution is -2.46. The average molecular weight is 624 g/mol. The minimum Gasteiger partial charge on any atom is -0.502 e. The summed E-state index contributed by atoms with van der Waals surface area (Å²) in [5, 5.41) is 16.0. The summed E-state index contributed by atoms with van der Waals surface area (Å²) in [5.74, 6) is -0.579. The third kappa shape index (κ3) is 6.96. The molecule has 3 heterocycles. The van der Waals surface area contributed by atoms with Gasteiger partial charge in [-0.25, -0.2) is 13.6 Å². The van der Waals surface area contributed by atoms with Crippen LogP contribution in [0.15, 0.2) is 85.3 Å². The molecule has 1 aliphatic heterocycles. The first kappa shape index (κ1) is 30.9. The number of aromatic hydroxyl groups is 1. The van der Waals surface area contributed by atoms with Crippen molar-refractivity contribution in [1.82, 2.24) is 4.90 Å². The number of methoxy groups -OCH3 is 2. The first-order valence-electron chi connectivity index (χ1n) is 13.8. The predicted molar refractivity (Wildman–Crippen MR) is 161 cm³/mol. The zero-order valence-electron chi connectivity index (χ0n) is 24.3. The van der Waals surface area contributed by atoms with Crippen LogP contribution in [-0.2, 0) is 26.1 Å². The number of sulfonamides is 1. The Morgan fingerprint density at radius 2 is 1.66 bits per heavy atom. The number of hydrogen-bond donors (Lipinski definition) is 2.